The Morgan fingerprint density at radius 2 is 2.08 bits per heavy atom. The van der Waals surface area contributed by atoms with Gasteiger partial charge in [0.2, 0.25) is 0 Å². The fourth-order valence-electron chi connectivity index (χ4n) is 2.45. The second-order valence-electron chi connectivity index (χ2n) is 5.43. The van der Waals surface area contributed by atoms with Crippen LogP contribution in [0.5, 0.6) is 5.75 Å². The Labute approximate surface area is 148 Å². The molecule has 6 heteroatoms. The van der Waals surface area contributed by atoms with Crippen LogP contribution in [-0.2, 0) is 16.1 Å². The zero-order valence-corrected chi connectivity index (χ0v) is 14.0. The topological polar surface area (TPSA) is 61.3 Å². The van der Waals surface area contributed by atoms with Gasteiger partial charge < -0.3 is 9.47 Å². The molecule has 0 bridgehead atoms. The van der Waals surface area contributed by atoms with Crippen molar-refractivity contribution in [3.05, 3.63) is 70.9 Å². The molecule has 0 unspecified atom stereocenters. The number of ether oxygens (including phenoxy) is 2. The summed E-state index contributed by atoms with van der Waals surface area (Å²) in [5.74, 6) is 0.389. The number of esters is 1. The lowest BCUT2D eigenvalue weighted by Gasteiger charge is -2.16. The monoisotopic (exact) mass is 350 g/mol. The van der Waals surface area contributed by atoms with Crippen LogP contribution in [0.2, 0.25) is 0 Å². The molecule has 1 aliphatic heterocycles. The normalized spacial score (nSPS) is 12.7. The van der Waals surface area contributed by atoms with E-state index in [9.17, 15) is 4.79 Å². The first kappa shape index (κ1) is 15.5. The molecule has 0 spiro atoms. The number of rotatable bonds is 4. The first-order chi connectivity index (χ1) is 12.3. The van der Waals surface area contributed by atoms with Crippen molar-refractivity contribution in [3.8, 4) is 16.5 Å². The lowest BCUT2D eigenvalue weighted by atomic mass is 10.1. The molecule has 4 rings (SSSR count). The number of nitrogens with zero attached hydrogens (tertiary/aromatic N) is 2. The van der Waals surface area contributed by atoms with E-state index < -0.39 is 0 Å². The Morgan fingerprint density at radius 1 is 1.20 bits per heavy atom. The lowest BCUT2D eigenvalue weighted by molar-refractivity contribution is -0.140. The predicted octanol–water partition coefficient (Wildman–Crippen LogP) is 3.72. The third-order valence-electron chi connectivity index (χ3n) is 3.68. The molecule has 25 heavy (non-hydrogen) atoms. The highest BCUT2D eigenvalue weighted by Crippen LogP contribution is 2.26. The average Bonchev–Trinajstić information content (AvgIpc) is 3.15. The zero-order chi connectivity index (χ0) is 17.1. The van der Waals surface area contributed by atoms with Gasteiger partial charge in [-0.3, -0.25) is 4.98 Å². The minimum Gasteiger partial charge on any atom is -0.488 e. The summed E-state index contributed by atoms with van der Waals surface area (Å²) in [6, 6.07) is 13.3. The van der Waals surface area contributed by atoms with Crippen LogP contribution in [0.3, 0.4) is 0 Å². The van der Waals surface area contributed by atoms with Gasteiger partial charge in [-0.05, 0) is 24.3 Å². The van der Waals surface area contributed by atoms with E-state index in [-0.39, 0.29) is 19.2 Å². The lowest BCUT2D eigenvalue weighted by Crippen LogP contribution is -2.17. The third kappa shape index (κ3) is 3.44. The molecule has 0 atom stereocenters. The van der Waals surface area contributed by atoms with Gasteiger partial charge in [0.15, 0.2) is 0 Å². The van der Waals surface area contributed by atoms with Crippen LogP contribution in [0, 0.1) is 0 Å². The highest BCUT2D eigenvalue weighted by atomic mass is 32.1. The van der Waals surface area contributed by atoms with E-state index in [0.717, 1.165) is 22.0 Å². The summed E-state index contributed by atoms with van der Waals surface area (Å²) >= 11 is 1.48. The van der Waals surface area contributed by atoms with E-state index in [1.54, 1.807) is 6.20 Å². The molecule has 0 fully saturated rings. The highest BCUT2D eigenvalue weighted by Gasteiger charge is 2.18. The van der Waals surface area contributed by atoms with Crippen molar-refractivity contribution >= 4 is 23.4 Å². The summed E-state index contributed by atoms with van der Waals surface area (Å²) in [5, 5.41) is 2.68. The van der Waals surface area contributed by atoms with Crippen LogP contribution in [0.25, 0.3) is 16.8 Å². The second kappa shape index (κ2) is 6.86. The smallest absolute Gasteiger partial charge is 0.337 e. The van der Waals surface area contributed by atoms with Crippen molar-refractivity contribution < 1.29 is 14.3 Å². The number of benzene rings is 1. The minimum absolute atomic E-state index is 0.126. The van der Waals surface area contributed by atoms with E-state index in [4.69, 9.17) is 9.47 Å². The number of carbonyl (C=O) groups excluding carboxylic acids is 1. The largest absolute Gasteiger partial charge is 0.488 e. The van der Waals surface area contributed by atoms with Gasteiger partial charge in [-0.1, -0.05) is 24.3 Å². The van der Waals surface area contributed by atoms with Gasteiger partial charge in [-0.2, -0.15) is 0 Å². The third-order valence-corrected chi connectivity index (χ3v) is 4.59. The number of hydrogen-bond acceptors (Lipinski definition) is 6. The summed E-state index contributed by atoms with van der Waals surface area (Å²) in [4.78, 5) is 21.0. The Balaban J connectivity index is 1.42. The fraction of sp³-hybridized carbons (Fsp3) is 0.105. The van der Waals surface area contributed by atoms with Crippen LogP contribution in [-0.4, -0.2) is 22.5 Å². The van der Waals surface area contributed by atoms with E-state index in [2.05, 4.69) is 9.97 Å². The van der Waals surface area contributed by atoms with Crippen molar-refractivity contribution in [3.63, 3.8) is 0 Å². The molecule has 0 radical (unpaired) electrons. The molecule has 3 aromatic rings. The molecule has 0 N–H and O–H groups in total. The Bertz CT molecular complexity index is 935. The summed E-state index contributed by atoms with van der Waals surface area (Å²) in [6.07, 6.45) is 3.53. The van der Waals surface area contributed by atoms with E-state index >= 15 is 0 Å². The van der Waals surface area contributed by atoms with Crippen molar-refractivity contribution in [1.29, 1.82) is 0 Å². The summed E-state index contributed by atoms with van der Waals surface area (Å²) in [6.45, 7) is 0.341. The highest BCUT2D eigenvalue weighted by molar-refractivity contribution is 7.13. The predicted molar refractivity (Wildman–Crippen MR) is 95.1 cm³/mol. The molecule has 0 saturated carbocycles. The van der Waals surface area contributed by atoms with Gasteiger partial charge in [-0.25, -0.2) is 9.78 Å². The van der Waals surface area contributed by atoms with Crippen LogP contribution in [0.4, 0.5) is 0 Å². The number of pyridine rings is 1. The van der Waals surface area contributed by atoms with E-state index in [0.29, 0.717) is 11.3 Å². The van der Waals surface area contributed by atoms with Crippen LogP contribution < -0.4 is 4.74 Å². The molecule has 2 aromatic heterocycles. The van der Waals surface area contributed by atoms with Crippen LogP contribution in [0.1, 0.15) is 11.3 Å². The Hall–Kier alpha value is -2.99. The van der Waals surface area contributed by atoms with Crippen molar-refractivity contribution in [2.75, 3.05) is 6.61 Å². The Kier molecular flexibility index (Phi) is 4.26. The number of fused-ring (bicyclic) bond motifs is 1. The summed E-state index contributed by atoms with van der Waals surface area (Å²) < 4.78 is 10.9. The van der Waals surface area contributed by atoms with Gasteiger partial charge >= 0.3 is 5.97 Å². The van der Waals surface area contributed by atoms with Crippen LogP contribution >= 0.6 is 11.3 Å². The first-order valence-corrected chi connectivity index (χ1v) is 8.63. The fourth-order valence-corrected chi connectivity index (χ4v) is 3.23. The molecule has 0 amide bonds. The van der Waals surface area contributed by atoms with Gasteiger partial charge in [0, 0.05) is 17.1 Å². The van der Waals surface area contributed by atoms with Gasteiger partial charge in [-0.15, -0.1) is 11.3 Å². The molecule has 5 nitrogen and oxygen atoms in total. The van der Waals surface area contributed by atoms with Crippen molar-refractivity contribution in [2.24, 2.45) is 0 Å². The second-order valence-corrected chi connectivity index (χ2v) is 6.29. The number of thiazole rings is 1. The molecule has 1 aliphatic rings. The van der Waals surface area contributed by atoms with Gasteiger partial charge in [0.25, 0.3) is 0 Å². The molecule has 0 saturated heterocycles. The molecule has 1 aromatic carbocycles. The van der Waals surface area contributed by atoms with Crippen molar-refractivity contribution in [2.45, 2.75) is 6.61 Å². The molecular weight excluding hydrogens is 336 g/mol. The van der Waals surface area contributed by atoms with E-state index in [1.165, 1.54) is 11.3 Å². The van der Waals surface area contributed by atoms with E-state index in [1.807, 2.05) is 53.9 Å². The summed E-state index contributed by atoms with van der Waals surface area (Å²) in [5.41, 5.74) is 2.90. The molecular formula is C19H14N2O3S. The zero-order valence-electron chi connectivity index (χ0n) is 13.2. The number of para-hydroxylation sites is 1. The standard InChI is InChI=1S/C19H14N2O3S/c22-19(14-9-13-5-1-2-7-17(13)23-10-14)24-11-15-12-25-18(21-15)16-6-3-4-8-20-16/h1-9,12H,10-11H2. The number of aromatic nitrogens is 2. The average molecular weight is 350 g/mol. The van der Waals surface area contributed by atoms with Crippen LogP contribution in [0.15, 0.2) is 59.6 Å². The molecule has 3 heterocycles. The first-order valence-electron chi connectivity index (χ1n) is 7.75. The van der Waals surface area contributed by atoms with Gasteiger partial charge in [0.05, 0.1) is 17.0 Å². The number of carbonyl (C=O) groups is 1. The maximum atomic E-state index is 12.3. The number of hydrogen-bond donors (Lipinski definition) is 0. The minimum atomic E-state index is -0.387. The maximum Gasteiger partial charge on any atom is 0.337 e. The van der Waals surface area contributed by atoms with Gasteiger partial charge in [0.1, 0.15) is 24.0 Å². The van der Waals surface area contributed by atoms with Crippen molar-refractivity contribution in [1.82, 2.24) is 9.97 Å². The summed E-state index contributed by atoms with van der Waals surface area (Å²) in [7, 11) is 0. The molecule has 124 valence electrons. The molecule has 0 aliphatic carbocycles. The Morgan fingerprint density at radius 3 is 2.96 bits per heavy atom. The maximum absolute atomic E-state index is 12.3. The quantitative estimate of drug-likeness (QED) is 0.671. The SMILES string of the molecule is O=C(OCc1csc(-c2ccccn2)n1)C1=Cc2ccccc2OC1.